The largest absolute Gasteiger partial charge is 0.493 e. The van der Waals surface area contributed by atoms with Crippen LogP contribution in [-0.2, 0) is 20.9 Å². The summed E-state index contributed by atoms with van der Waals surface area (Å²) in [4.78, 5) is 33.9. The summed E-state index contributed by atoms with van der Waals surface area (Å²) in [6.45, 7) is 1.75. The zero-order valence-electron chi connectivity index (χ0n) is 19.1. The minimum atomic E-state index is -0.231. The van der Waals surface area contributed by atoms with E-state index in [-0.39, 0.29) is 43.5 Å². The predicted octanol–water partition coefficient (Wildman–Crippen LogP) is 3.44. The van der Waals surface area contributed by atoms with E-state index in [0.717, 1.165) is 37.0 Å². The van der Waals surface area contributed by atoms with E-state index in [4.69, 9.17) is 9.47 Å². The summed E-state index contributed by atoms with van der Waals surface area (Å²) in [7, 11) is 0. The van der Waals surface area contributed by atoms with Crippen LogP contribution < -0.4 is 4.74 Å². The SMILES string of the molecule is O=C(CCOc1ccccc1)N1CC(=O)N(C2CCCCC2)C[C@H](OCc2ccncc2)C1. The fourth-order valence-electron chi connectivity index (χ4n) is 4.61. The number of aromatic nitrogens is 1. The molecular formula is C26H33N3O4. The molecule has 1 saturated carbocycles. The summed E-state index contributed by atoms with van der Waals surface area (Å²) in [5, 5.41) is 0. The van der Waals surface area contributed by atoms with Crippen molar-refractivity contribution in [3.05, 3.63) is 60.4 Å². The van der Waals surface area contributed by atoms with Crippen LogP contribution in [0.15, 0.2) is 54.9 Å². The van der Waals surface area contributed by atoms with Crippen LogP contribution in [0, 0.1) is 0 Å². The highest BCUT2D eigenvalue weighted by molar-refractivity contribution is 5.85. The molecule has 0 spiro atoms. The zero-order chi connectivity index (χ0) is 22.9. The number of nitrogens with zero attached hydrogens (tertiary/aromatic N) is 3. The first kappa shape index (κ1) is 23.2. The van der Waals surface area contributed by atoms with Gasteiger partial charge in [0.1, 0.15) is 5.75 Å². The van der Waals surface area contributed by atoms with E-state index in [0.29, 0.717) is 19.7 Å². The Hall–Kier alpha value is -2.93. The maximum Gasteiger partial charge on any atom is 0.242 e. The van der Waals surface area contributed by atoms with Crippen molar-refractivity contribution < 1.29 is 19.1 Å². The van der Waals surface area contributed by atoms with Crippen LogP contribution >= 0.6 is 0 Å². The molecule has 1 atom stereocenters. The molecule has 1 aromatic heterocycles. The molecule has 1 aliphatic heterocycles. The molecule has 0 radical (unpaired) electrons. The van der Waals surface area contributed by atoms with Crippen LogP contribution in [0.1, 0.15) is 44.1 Å². The first-order valence-corrected chi connectivity index (χ1v) is 11.9. The van der Waals surface area contributed by atoms with E-state index < -0.39 is 0 Å². The van der Waals surface area contributed by atoms with Crippen molar-refractivity contribution in [2.45, 2.75) is 57.3 Å². The molecule has 1 aromatic carbocycles. The third kappa shape index (κ3) is 6.78. The van der Waals surface area contributed by atoms with E-state index in [9.17, 15) is 9.59 Å². The predicted molar refractivity (Wildman–Crippen MR) is 125 cm³/mol. The van der Waals surface area contributed by atoms with Gasteiger partial charge in [-0.15, -0.1) is 0 Å². The number of rotatable bonds is 8. The Balaban J connectivity index is 1.40. The molecule has 7 nitrogen and oxygen atoms in total. The Morgan fingerprint density at radius 1 is 1.00 bits per heavy atom. The Labute approximate surface area is 195 Å². The highest BCUT2D eigenvalue weighted by Crippen LogP contribution is 2.25. The smallest absolute Gasteiger partial charge is 0.242 e. The zero-order valence-corrected chi connectivity index (χ0v) is 19.1. The van der Waals surface area contributed by atoms with Crippen LogP contribution in [0.5, 0.6) is 5.75 Å². The Morgan fingerprint density at radius 3 is 2.52 bits per heavy atom. The lowest BCUT2D eigenvalue weighted by atomic mass is 9.94. The standard InChI is InChI=1S/C26H33N3O4/c30-25(13-16-32-23-9-5-2-6-10-23)28-17-24(33-20-21-11-14-27-15-12-21)18-29(26(31)19-28)22-7-3-1-4-8-22/h2,5-6,9-12,14-15,22,24H,1,3-4,7-8,13,16-20H2/t24-/m1/s1. The maximum atomic E-state index is 13.2. The molecule has 0 unspecified atom stereocenters. The highest BCUT2D eigenvalue weighted by atomic mass is 16.5. The first-order valence-electron chi connectivity index (χ1n) is 11.9. The lowest BCUT2D eigenvalue weighted by molar-refractivity contribution is -0.140. The monoisotopic (exact) mass is 451 g/mol. The molecule has 1 aliphatic carbocycles. The second-order valence-electron chi connectivity index (χ2n) is 8.81. The van der Waals surface area contributed by atoms with Gasteiger partial charge in [0.05, 0.1) is 32.3 Å². The van der Waals surface area contributed by atoms with Gasteiger partial charge in [-0.3, -0.25) is 14.6 Å². The summed E-state index contributed by atoms with van der Waals surface area (Å²) in [6, 6.07) is 13.5. The van der Waals surface area contributed by atoms with Gasteiger partial charge < -0.3 is 19.3 Å². The second kappa shape index (κ2) is 11.8. The van der Waals surface area contributed by atoms with Gasteiger partial charge in [0, 0.05) is 31.5 Å². The van der Waals surface area contributed by atoms with Crippen molar-refractivity contribution in [3.63, 3.8) is 0 Å². The minimum Gasteiger partial charge on any atom is -0.493 e. The van der Waals surface area contributed by atoms with Gasteiger partial charge in [0.15, 0.2) is 0 Å². The summed E-state index contributed by atoms with van der Waals surface area (Å²) >= 11 is 0. The van der Waals surface area contributed by atoms with E-state index >= 15 is 0 Å². The number of para-hydroxylation sites is 1. The molecule has 4 rings (SSSR count). The second-order valence-corrected chi connectivity index (χ2v) is 8.81. The van der Waals surface area contributed by atoms with E-state index in [1.165, 1.54) is 6.42 Å². The third-order valence-corrected chi connectivity index (χ3v) is 6.40. The first-order chi connectivity index (χ1) is 16.2. The number of ether oxygens (including phenoxy) is 2. The van der Waals surface area contributed by atoms with Crippen LogP contribution in [0.2, 0.25) is 0 Å². The normalized spacial score (nSPS) is 19.9. The van der Waals surface area contributed by atoms with Crippen LogP contribution in [-0.4, -0.2) is 65.0 Å². The molecule has 2 fully saturated rings. The molecule has 33 heavy (non-hydrogen) atoms. The number of benzene rings is 1. The van der Waals surface area contributed by atoms with Crippen LogP contribution in [0.25, 0.3) is 0 Å². The molecule has 176 valence electrons. The quantitative estimate of drug-likeness (QED) is 0.615. The van der Waals surface area contributed by atoms with E-state index in [1.54, 1.807) is 17.3 Å². The lowest BCUT2D eigenvalue weighted by Gasteiger charge is -2.34. The number of amides is 2. The Bertz CT molecular complexity index is 887. The van der Waals surface area contributed by atoms with Gasteiger partial charge in [-0.05, 0) is 42.7 Å². The van der Waals surface area contributed by atoms with Crippen LogP contribution in [0.3, 0.4) is 0 Å². The fourth-order valence-corrected chi connectivity index (χ4v) is 4.61. The average molecular weight is 452 g/mol. The highest BCUT2D eigenvalue weighted by Gasteiger charge is 2.34. The van der Waals surface area contributed by atoms with Gasteiger partial charge in [0.2, 0.25) is 11.8 Å². The summed E-state index contributed by atoms with van der Waals surface area (Å²) in [5.74, 6) is 0.677. The van der Waals surface area contributed by atoms with Gasteiger partial charge in [-0.1, -0.05) is 37.5 Å². The Kier molecular flexibility index (Phi) is 8.30. The van der Waals surface area contributed by atoms with Crippen molar-refractivity contribution >= 4 is 11.8 Å². The molecular weight excluding hydrogens is 418 g/mol. The molecule has 2 aliphatic rings. The molecule has 7 heteroatoms. The molecule has 2 amide bonds. The molecule has 2 aromatic rings. The van der Waals surface area contributed by atoms with Gasteiger partial charge in [-0.2, -0.15) is 0 Å². The van der Waals surface area contributed by atoms with Crippen molar-refractivity contribution in [2.75, 3.05) is 26.2 Å². The number of hydrogen-bond acceptors (Lipinski definition) is 5. The van der Waals surface area contributed by atoms with Gasteiger partial charge in [-0.25, -0.2) is 0 Å². The van der Waals surface area contributed by atoms with Crippen molar-refractivity contribution in [1.29, 1.82) is 0 Å². The van der Waals surface area contributed by atoms with Gasteiger partial charge in [0.25, 0.3) is 0 Å². The number of carbonyl (C=O) groups excluding carboxylic acids is 2. The summed E-state index contributed by atoms with van der Waals surface area (Å²) in [5.41, 5.74) is 1.03. The van der Waals surface area contributed by atoms with Gasteiger partial charge >= 0.3 is 0 Å². The van der Waals surface area contributed by atoms with Crippen molar-refractivity contribution in [3.8, 4) is 5.75 Å². The molecule has 0 bridgehead atoms. The summed E-state index contributed by atoms with van der Waals surface area (Å²) in [6.07, 6.45) is 9.06. The van der Waals surface area contributed by atoms with Crippen molar-refractivity contribution in [2.24, 2.45) is 0 Å². The fraction of sp³-hybridized carbons (Fsp3) is 0.500. The Morgan fingerprint density at radius 2 is 1.76 bits per heavy atom. The molecule has 1 saturated heterocycles. The number of hydrogen-bond donors (Lipinski definition) is 0. The van der Waals surface area contributed by atoms with E-state index in [1.807, 2.05) is 47.4 Å². The lowest BCUT2D eigenvalue weighted by Crippen LogP contribution is -2.46. The third-order valence-electron chi connectivity index (χ3n) is 6.40. The minimum absolute atomic E-state index is 0.0224. The number of carbonyl (C=O) groups is 2. The molecule has 0 N–H and O–H groups in total. The topological polar surface area (TPSA) is 72.0 Å². The average Bonchev–Trinajstić information content (AvgIpc) is 3.03. The molecule has 2 heterocycles. The maximum absolute atomic E-state index is 13.2. The number of pyridine rings is 1. The summed E-state index contributed by atoms with van der Waals surface area (Å²) < 4.78 is 11.9. The van der Waals surface area contributed by atoms with Crippen LogP contribution in [0.4, 0.5) is 0 Å². The van der Waals surface area contributed by atoms with E-state index in [2.05, 4.69) is 4.98 Å². The van der Waals surface area contributed by atoms with Crippen molar-refractivity contribution in [1.82, 2.24) is 14.8 Å².